The van der Waals surface area contributed by atoms with Crippen LogP contribution >= 0.6 is 0 Å². The van der Waals surface area contributed by atoms with Gasteiger partial charge in [0.25, 0.3) is 0 Å². The van der Waals surface area contributed by atoms with E-state index in [1.165, 1.54) is 5.39 Å². The molecule has 0 saturated heterocycles. The molecule has 0 saturated carbocycles. The Kier molecular flexibility index (Phi) is 2.68. The third-order valence-corrected chi connectivity index (χ3v) is 3.70. The number of pyridine rings is 2. The summed E-state index contributed by atoms with van der Waals surface area (Å²) in [5.41, 5.74) is 5.16. The predicted molar refractivity (Wildman–Crippen MR) is 87.2 cm³/mol. The van der Waals surface area contributed by atoms with E-state index >= 15 is 0 Å². The maximum Gasteiger partial charge on any atom is 0.0716 e. The van der Waals surface area contributed by atoms with Gasteiger partial charge in [-0.1, -0.05) is 36.4 Å². The zero-order valence-corrected chi connectivity index (χ0v) is 11.7. The third-order valence-electron chi connectivity index (χ3n) is 3.70. The molecule has 0 unspecified atom stereocenters. The van der Waals surface area contributed by atoms with Crippen molar-refractivity contribution in [1.82, 2.24) is 9.97 Å². The van der Waals surface area contributed by atoms with Gasteiger partial charge in [-0.3, -0.25) is 4.98 Å². The average molecular weight is 270 g/mol. The lowest BCUT2D eigenvalue weighted by atomic mass is 10.1. The number of rotatable bonds is 1. The van der Waals surface area contributed by atoms with Crippen molar-refractivity contribution >= 4 is 21.8 Å². The van der Waals surface area contributed by atoms with Crippen molar-refractivity contribution in [2.24, 2.45) is 0 Å². The summed E-state index contributed by atoms with van der Waals surface area (Å²) in [6, 6.07) is 22.8. The molecule has 0 bridgehead atoms. The van der Waals surface area contributed by atoms with Crippen molar-refractivity contribution in [2.75, 3.05) is 0 Å². The first kappa shape index (κ1) is 12.0. The van der Waals surface area contributed by atoms with Crippen LogP contribution in [0.25, 0.3) is 33.1 Å². The second-order valence-corrected chi connectivity index (χ2v) is 5.25. The van der Waals surface area contributed by atoms with Gasteiger partial charge in [-0.2, -0.15) is 0 Å². The van der Waals surface area contributed by atoms with Crippen molar-refractivity contribution in [3.63, 3.8) is 0 Å². The molecular formula is C19H14N2. The number of aromatic nitrogens is 2. The maximum absolute atomic E-state index is 4.76. The Hall–Kier alpha value is -2.74. The molecule has 21 heavy (non-hydrogen) atoms. The van der Waals surface area contributed by atoms with Gasteiger partial charge in [0.1, 0.15) is 0 Å². The van der Waals surface area contributed by atoms with E-state index in [9.17, 15) is 0 Å². The maximum atomic E-state index is 4.76. The van der Waals surface area contributed by atoms with Crippen LogP contribution < -0.4 is 0 Å². The highest BCUT2D eigenvalue weighted by atomic mass is 14.7. The minimum absolute atomic E-state index is 0.992. The topological polar surface area (TPSA) is 25.8 Å². The van der Waals surface area contributed by atoms with Crippen LogP contribution in [-0.2, 0) is 0 Å². The monoisotopic (exact) mass is 270 g/mol. The van der Waals surface area contributed by atoms with Gasteiger partial charge in [-0.05, 0) is 37.3 Å². The summed E-state index contributed by atoms with van der Waals surface area (Å²) >= 11 is 0. The largest absolute Gasteiger partial charge is 0.253 e. The summed E-state index contributed by atoms with van der Waals surface area (Å²) in [6.07, 6.45) is 0. The minimum atomic E-state index is 0.992. The van der Waals surface area contributed by atoms with Crippen molar-refractivity contribution in [1.29, 1.82) is 0 Å². The fourth-order valence-corrected chi connectivity index (χ4v) is 2.63. The normalized spacial score (nSPS) is 11.1. The first-order valence-corrected chi connectivity index (χ1v) is 7.03. The van der Waals surface area contributed by atoms with Gasteiger partial charge in [0, 0.05) is 22.0 Å². The van der Waals surface area contributed by atoms with Crippen LogP contribution in [-0.4, -0.2) is 9.97 Å². The number of fused-ring (bicyclic) bond motifs is 2. The molecule has 2 heteroatoms. The summed E-state index contributed by atoms with van der Waals surface area (Å²) in [5.74, 6) is 0. The van der Waals surface area contributed by atoms with Crippen LogP contribution in [0.5, 0.6) is 0 Å². The summed E-state index contributed by atoms with van der Waals surface area (Å²) in [4.78, 5) is 9.34. The highest BCUT2D eigenvalue weighted by Gasteiger charge is 2.04. The Bertz CT molecular complexity index is 958. The van der Waals surface area contributed by atoms with Crippen LogP contribution in [0, 0.1) is 6.92 Å². The van der Waals surface area contributed by atoms with Gasteiger partial charge >= 0.3 is 0 Å². The molecule has 4 rings (SSSR count). The molecule has 0 aliphatic heterocycles. The highest BCUT2D eigenvalue weighted by Crippen LogP contribution is 2.25. The van der Waals surface area contributed by atoms with E-state index in [1.54, 1.807) is 0 Å². The quantitative estimate of drug-likeness (QED) is 0.466. The molecule has 4 aromatic rings. The van der Waals surface area contributed by atoms with Crippen molar-refractivity contribution in [3.05, 3.63) is 72.4 Å². The Morgan fingerprint density at radius 3 is 2.43 bits per heavy atom. The Morgan fingerprint density at radius 2 is 1.52 bits per heavy atom. The van der Waals surface area contributed by atoms with Crippen LogP contribution in [0.1, 0.15) is 5.69 Å². The summed E-state index contributed by atoms with van der Waals surface area (Å²) in [5, 5.41) is 2.33. The lowest BCUT2D eigenvalue weighted by Gasteiger charge is -2.05. The number of para-hydroxylation sites is 1. The van der Waals surface area contributed by atoms with Crippen LogP contribution in [0.2, 0.25) is 0 Å². The smallest absolute Gasteiger partial charge is 0.0716 e. The standard InChI is InChI=1S/C19H14N2/c1-13-5-4-8-17(20-13)16-10-9-15-11-14-6-2-3-7-18(14)21-19(15)12-16/h2-12H,1H3. The molecule has 0 aliphatic carbocycles. The first-order valence-electron chi connectivity index (χ1n) is 7.03. The third kappa shape index (κ3) is 2.15. The molecule has 0 radical (unpaired) electrons. The fraction of sp³-hybridized carbons (Fsp3) is 0.0526. The van der Waals surface area contributed by atoms with Gasteiger partial charge in [-0.25, -0.2) is 4.98 Å². The number of benzene rings is 2. The molecule has 100 valence electrons. The average Bonchev–Trinajstić information content (AvgIpc) is 2.52. The molecule has 0 spiro atoms. The van der Waals surface area contributed by atoms with Gasteiger partial charge in [-0.15, -0.1) is 0 Å². The van der Waals surface area contributed by atoms with E-state index in [0.717, 1.165) is 33.4 Å². The number of nitrogens with zero attached hydrogens (tertiary/aromatic N) is 2. The summed E-state index contributed by atoms with van der Waals surface area (Å²) in [6.45, 7) is 2.01. The van der Waals surface area contributed by atoms with E-state index in [1.807, 2.05) is 43.3 Å². The number of aryl methyl sites for hydroxylation is 1. The van der Waals surface area contributed by atoms with E-state index < -0.39 is 0 Å². The predicted octanol–water partition coefficient (Wildman–Crippen LogP) is 4.76. The van der Waals surface area contributed by atoms with Crippen molar-refractivity contribution in [3.8, 4) is 11.3 Å². The second-order valence-electron chi connectivity index (χ2n) is 5.25. The molecular weight excluding hydrogens is 256 g/mol. The fourth-order valence-electron chi connectivity index (χ4n) is 2.63. The Labute approximate surface area is 123 Å². The van der Waals surface area contributed by atoms with Gasteiger partial charge in [0.2, 0.25) is 0 Å². The lowest BCUT2D eigenvalue weighted by Crippen LogP contribution is -1.88. The molecule has 0 N–H and O–H groups in total. The Morgan fingerprint density at radius 1 is 0.667 bits per heavy atom. The van der Waals surface area contributed by atoms with Crippen LogP contribution in [0.15, 0.2) is 66.7 Å². The van der Waals surface area contributed by atoms with Crippen molar-refractivity contribution in [2.45, 2.75) is 6.92 Å². The van der Waals surface area contributed by atoms with Gasteiger partial charge < -0.3 is 0 Å². The Balaban J connectivity index is 1.95. The van der Waals surface area contributed by atoms with E-state index in [0.29, 0.717) is 0 Å². The van der Waals surface area contributed by atoms with Gasteiger partial charge in [0.05, 0.1) is 16.7 Å². The van der Waals surface area contributed by atoms with Crippen LogP contribution in [0.3, 0.4) is 0 Å². The van der Waals surface area contributed by atoms with Crippen LogP contribution in [0.4, 0.5) is 0 Å². The SMILES string of the molecule is Cc1cccc(-c2ccc3cc4ccccc4nc3c2)n1. The van der Waals surface area contributed by atoms with E-state index in [-0.39, 0.29) is 0 Å². The molecule has 2 heterocycles. The second kappa shape index (κ2) is 4.67. The molecule has 0 fully saturated rings. The van der Waals surface area contributed by atoms with Crippen molar-refractivity contribution < 1.29 is 0 Å². The lowest BCUT2D eigenvalue weighted by molar-refractivity contribution is 1.21. The van der Waals surface area contributed by atoms with E-state index in [2.05, 4.69) is 35.3 Å². The molecule has 0 aliphatic rings. The number of hydrogen-bond donors (Lipinski definition) is 0. The molecule has 0 amide bonds. The summed E-state index contributed by atoms with van der Waals surface area (Å²) in [7, 11) is 0. The molecule has 0 atom stereocenters. The molecule has 2 nitrogen and oxygen atoms in total. The molecule has 2 aromatic heterocycles. The molecule has 2 aromatic carbocycles. The van der Waals surface area contributed by atoms with Gasteiger partial charge in [0.15, 0.2) is 0 Å². The van der Waals surface area contributed by atoms with E-state index in [4.69, 9.17) is 4.98 Å². The minimum Gasteiger partial charge on any atom is -0.253 e. The summed E-state index contributed by atoms with van der Waals surface area (Å²) < 4.78 is 0. The number of hydrogen-bond acceptors (Lipinski definition) is 2. The zero-order valence-electron chi connectivity index (χ0n) is 11.7. The zero-order chi connectivity index (χ0) is 14.2. The first-order chi connectivity index (χ1) is 10.3. The highest BCUT2D eigenvalue weighted by molar-refractivity contribution is 5.94.